The molecule has 1 unspecified atom stereocenters. The van der Waals surface area contributed by atoms with Gasteiger partial charge in [0.25, 0.3) is 0 Å². The molecule has 0 aliphatic heterocycles. The third-order valence-electron chi connectivity index (χ3n) is 2.25. The number of aryl methyl sites for hydroxylation is 1. The van der Waals surface area contributed by atoms with Gasteiger partial charge < -0.3 is 5.11 Å². The number of thiazole rings is 1. The Hall–Kier alpha value is -1.47. The molecule has 0 saturated carbocycles. The maximum absolute atomic E-state index is 12.4. The van der Waals surface area contributed by atoms with Crippen molar-refractivity contribution >= 4 is 11.3 Å². The molecule has 2 aromatic rings. The van der Waals surface area contributed by atoms with E-state index in [1.807, 2.05) is 6.92 Å². The maximum Gasteiger partial charge on any atom is 0.443 e. The number of aliphatic hydroxyl groups excluding tert-OH is 1. The molecule has 0 radical (unpaired) electrons. The minimum Gasteiger partial charge on any atom is -0.381 e. The van der Waals surface area contributed by atoms with Crippen LogP contribution in [0.4, 0.5) is 13.2 Å². The van der Waals surface area contributed by atoms with Gasteiger partial charge in [-0.3, -0.25) is 4.98 Å². The SMILES string of the molecule is Cc1ccc(C(O)c2cnc(C(F)(F)F)s2)nc1. The van der Waals surface area contributed by atoms with Crippen molar-refractivity contribution in [3.8, 4) is 0 Å². The number of hydrogen-bond donors (Lipinski definition) is 1. The van der Waals surface area contributed by atoms with Gasteiger partial charge in [-0.15, -0.1) is 11.3 Å². The molecule has 0 saturated heterocycles. The molecule has 2 aromatic heterocycles. The van der Waals surface area contributed by atoms with Crippen LogP contribution in [-0.4, -0.2) is 15.1 Å². The molecule has 1 N–H and O–H groups in total. The van der Waals surface area contributed by atoms with Crippen LogP contribution in [0.15, 0.2) is 24.5 Å². The minimum absolute atomic E-state index is 0.124. The van der Waals surface area contributed by atoms with E-state index in [0.29, 0.717) is 17.0 Å². The average Bonchev–Trinajstić information content (AvgIpc) is 2.78. The van der Waals surface area contributed by atoms with Crippen molar-refractivity contribution in [3.05, 3.63) is 45.7 Å². The number of rotatable bonds is 2. The van der Waals surface area contributed by atoms with Crippen LogP contribution in [0.25, 0.3) is 0 Å². The molecule has 1 atom stereocenters. The fourth-order valence-corrected chi connectivity index (χ4v) is 2.11. The largest absolute Gasteiger partial charge is 0.443 e. The van der Waals surface area contributed by atoms with Crippen LogP contribution in [0.1, 0.15) is 27.2 Å². The Bertz CT molecular complexity index is 536. The van der Waals surface area contributed by atoms with Crippen LogP contribution in [-0.2, 0) is 6.18 Å². The number of aliphatic hydroxyl groups is 1. The number of pyridine rings is 1. The molecule has 18 heavy (non-hydrogen) atoms. The van der Waals surface area contributed by atoms with E-state index in [9.17, 15) is 18.3 Å². The summed E-state index contributed by atoms with van der Waals surface area (Å²) in [7, 11) is 0. The molecule has 2 heterocycles. The van der Waals surface area contributed by atoms with Gasteiger partial charge in [0.15, 0.2) is 5.01 Å². The fourth-order valence-electron chi connectivity index (χ4n) is 1.33. The first-order valence-electron chi connectivity index (χ1n) is 5.01. The van der Waals surface area contributed by atoms with Crippen LogP contribution in [0.5, 0.6) is 0 Å². The predicted molar refractivity (Wildman–Crippen MR) is 60.2 cm³/mol. The van der Waals surface area contributed by atoms with Gasteiger partial charge in [0.05, 0.1) is 10.6 Å². The highest BCUT2D eigenvalue weighted by molar-refractivity contribution is 7.11. The first-order valence-corrected chi connectivity index (χ1v) is 5.83. The van der Waals surface area contributed by atoms with E-state index in [4.69, 9.17) is 0 Å². The van der Waals surface area contributed by atoms with Gasteiger partial charge >= 0.3 is 6.18 Å². The van der Waals surface area contributed by atoms with Crippen molar-refractivity contribution in [1.29, 1.82) is 0 Å². The Morgan fingerprint density at radius 1 is 1.22 bits per heavy atom. The quantitative estimate of drug-likeness (QED) is 0.915. The number of hydrogen-bond acceptors (Lipinski definition) is 4. The number of halogens is 3. The fraction of sp³-hybridized carbons (Fsp3) is 0.273. The standard InChI is InChI=1S/C11H9F3N2OS/c1-6-2-3-7(15-4-6)9(17)8-5-16-10(18-8)11(12,13)14/h2-5,9,17H,1H3. The highest BCUT2D eigenvalue weighted by Crippen LogP contribution is 2.35. The van der Waals surface area contributed by atoms with Crippen molar-refractivity contribution in [2.24, 2.45) is 0 Å². The average molecular weight is 274 g/mol. The van der Waals surface area contributed by atoms with Gasteiger partial charge in [-0.05, 0) is 18.6 Å². The molecule has 0 aliphatic rings. The minimum atomic E-state index is -4.48. The molecule has 3 nitrogen and oxygen atoms in total. The van der Waals surface area contributed by atoms with Crippen molar-refractivity contribution in [2.45, 2.75) is 19.2 Å². The van der Waals surface area contributed by atoms with Gasteiger partial charge in [-0.1, -0.05) is 6.07 Å². The molecule has 0 aromatic carbocycles. The molecular weight excluding hydrogens is 265 g/mol. The van der Waals surface area contributed by atoms with Crippen LogP contribution in [0.2, 0.25) is 0 Å². The summed E-state index contributed by atoms with van der Waals surface area (Å²) >= 11 is 0.421. The molecule has 2 rings (SSSR count). The predicted octanol–water partition coefficient (Wildman–Crippen LogP) is 2.95. The molecule has 0 amide bonds. The Labute approximate surface area is 105 Å². The normalized spacial score (nSPS) is 13.6. The number of alkyl halides is 3. The summed E-state index contributed by atoms with van der Waals surface area (Å²) in [6.45, 7) is 1.83. The van der Waals surface area contributed by atoms with Crippen molar-refractivity contribution in [3.63, 3.8) is 0 Å². The highest BCUT2D eigenvalue weighted by atomic mass is 32.1. The molecule has 7 heteroatoms. The molecule has 0 spiro atoms. The summed E-state index contributed by atoms with van der Waals surface area (Å²) in [4.78, 5) is 7.35. The Morgan fingerprint density at radius 2 is 1.94 bits per heavy atom. The van der Waals surface area contributed by atoms with E-state index in [-0.39, 0.29) is 4.88 Å². The number of nitrogens with zero attached hydrogens (tertiary/aromatic N) is 2. The van der Waals surface area contributed by atoms with Crippen molar-refractivity contribution in [2.75, 3.05) is 0 Å². The molecule has 0 aliphatic carbocycles. The van der Waals surface area contributed by atoms with Crippen molar-refractivity contribution < 1.29 is 18.3 Å². The maximum atomic E-state index is 12.4. The van der Waals surface area contributed by atoms with E-state index >= 15 is 0 Å². The second-order valence-electron chi connectivity index (χ2n) is 3.73. The summed E-state index contributed by atoms with van der Waals surface area (Å²) < 4.78 is 37.1. The lowest BCUT2D eigenvalue weighted by Gasteiger charge is -2.07. The smallest absolute Gasteiger partial charge is 0.381 e. The summed E-state index contributed by atoms with van der Waals surface area (Å²) in [5.41, 5.74) is 1.21. The van der Waals surface area contributed by atoms with Crippen LogP contribution in [0.3, 0.4) is 0 Å². The van der Waals surface area contributed by atoms with Gasteiger partial charge in [0.2, 0.25) is 0 Å². The second kappa shape index (κ2) is 4.66. The van der Waals surface area contributed by atoms with Gasteiger partial charge in [-0.25, -0.2) is 4.98 Å². The highest BCUT2D eigenvalue weighted by Gasteiger charge is 2.35. The van der Waals surface area contributed by atoms with Gasteiger partial charge in [0, 0.05) is 12.4 Å². The third-order valence-corrected chi connectivity index (χ3v) is 3.34. The van der Waals surface area contributed by atoms with Crippen LogP contribution < -0.4 is 0 Å². The Morgan fingerprint density at radius 3 is 2.44 bits per heavy atom. The lowest BCUT2D eigenvalue weighted by molar-refractivity contribution is -0.137. The Kier molecular flexibility index (Phi) is 3.36. The first-order chi connectivity index (χ1) is 8.38. The zero-order valence-electron chi connectivity index (χ0n) is 9.27. The second-order valence-corrected chi connectivity index (χ2v) is 4.79. The lowest BCUT2D eigenvalue weighted by atomic mass is 10.2. The van der Waals surface area contributed by atoms with Gasteiger partial charge in [0.1, 0.15) is 6.10 Å². The van der Waals surface area contributed by atoms with E-state index in [1.165, 1.54) is 0 Å². The summed E-state index contributed by atoms with van der Waals surface area (Å²) in [6.07, 6.45) is -3.09. The third kappa shape index (κ3) is 2.68. The number of aromatic nitrogens is 2. The molecule has 96 valence electrons. The first kappa shape index (κ1) is 13.0. The molecule has 0 bridgehead atoms. The van der Waals surface area contributed by atoms with E-state index < -0.39 is 17.3 Å². The van der Waals surface area contributed by atoms with Crippen LogP contribution in [0, 0.1) is 6.92 Å². The van der Waals surface area contributed by atoms with Gasteiger partial charge in [-0.2, -0.15) is 13.2 Å². The monoisotopic (exact) mass is 274 g/mol. The summed E-state index contributed by atoms with van der Waals surface area (Å²) in [5.74, 6) is 0. The Balaban J connectivity index is 2.26. The zero-order valence-corrected chi connectivity index (χ0v) is 10.1. The van der Waals surface area contributed by atoms with Crippen molar-refractivity contribution in [1.82, 2.24) is 9.97 Å². The summed E-state index contributed by atoms with van der Waals surface area (Å²) in [5, 5.41) is 8.93. The molecule has 0 fully saturated rings. The molecular formula is C11H9F3N2OS. The lowest BCUT2D eigenvalue weighted by Crippen LogP contribution is -2.03. The topological polar surface area (TPSA) is 46.0 Å². The summed E-state index contributed by atoms with van der Waals surface area (Å²) in [6, 6.07) is 3.31. The zero-order chi connectivity index (χ0) is 13.3. The van der Waals surface area contributed by atoms with Crippen LogP contribution >= 0.6 is 11.3 Å². The van der Waals surface area contributed by atoms with E-state index in [1.54, 1.807) is 18.3 Å². The van der Waals surface area contributed by atoms with E-state index in [0.717, 1.165) is 11.8 Å². The van der Waals surface area contributed by atoms with E-state index in [2.05, 4.69) is 9.97 Å².